The van der Waals surface area contributed by atoms with Gasteiger partial charge < -0.3 is 19.4 Å². The topological polar surface area (TPSA) is 54.7 Å². The van der Waals surface area contributed by atoms with Crippen molar-refractivity contribution in [1.29, 1.82) is 0 Å². The molecule has 1 aromatic rings. The standard InChI is InChI=1S/C20H30N2O3/c1-2-24-18-14-17(20(18)9-3-4-10-20)21-15-7-11-22(12-8-15)19(23)16-6-5-13-25-16/h5-6,13,15,17-18,21H,2-4,7-12,14H2,1H3/t17-,18-/m1/s1. The molecule has 3 aliphatic rings. The molecule has 2 atom stereocenters. The van der Waals surface area contributed by atoms with E-state index in [1.807, 2.05) is 4.90 Å². The van der Waals surface area contributed by atoms with Crippen LogP contribution in [0.2, 0.25) is 0 Å². The van der Waals surface area contributed by atoms with Crippen molar-refractivity contribution in [3.05, 3.63) is 24.2 Å². The summed E-state index contributed by atoms with van der Waals surface area (Å²) in [6, 6.07) is 4.64. The molecule has 1 spiro atoms. The van der Waals surface area contributed by atoms with Gasteiger partial charge in [-0.1, -0.05) is 12.8 Å². The predicted molar refractivity (Wildman–Crippen MR) is 95.5 cm³/mol. The van der Waals surface area contributed by atoms with Crippen LogP contribution in [0, 0.1) is 5.41 Å². The molecule has 5 heteroatoms. The fourth-order valence-corrected chi connectivity index (χ4v) is 5.21. The number of carbonyl (C=O) groups excluding carboxylic acids is 1. The van der Waals surface area contributed by atoms with E-state index >= 15 is 0 Å². The van der Waals surface area contributed by atoms with Gasteiger partial charge in [-0.25, -0.2) is 0 Å². The molecule has 2 aliphatic carbocycles. The molecule has 25 heavy (non-hydrogen) atoms. The second-order valence-electron chi connectivity index (χ2n) is 7.88. The Morgan fingerprint density at radius 1 is 1.36 bits per heavy atom. The molecule has 0 bridgehead atoms. The van der Waals surface area contributed by atoms with Gasteiger partial charge in [0.1, 0.15) is 0 Å². The fourth-order valence-electron chi connectivity index (χ4n) is 5.21. The van der Waals surface area contributed by atoms with Crippen LogP contribution in [0.25, 0.3) is 0 Å². The van der Waals surface area contributed by atoms with Crippen molar-refractivity contribution in [2.45, 2.75) is 70.1 Å². The van der Waals surface area contributed by atoms with Crippen molar-refractivity contribution in [3.8, 4) is 0 Å². The highest BCUT2D eigenvalue weighted by Gasteiger charge is 2.56. The van der Waals surface area contributed by atoms with Crippen molar-refractivity contribution in [3.63, 3.8) is 0 Å². The van der Waals surface area contributed by atoms with Crippen LogP contribution in [0.15, 0.2) is 22.8 Å². The highest BCUT2D eigenvalue weighted by atomic mass is 16.5. The second-order valence-corrected chi connectivity index (χ2v) is 7.88. The van der Waals surface area contributed by atoms with Crippen molar-refractivity contribution in [2.24, 2.45) is 5.41 Å². The van der Waals surface area contributed by atoms with Crippen molar-refractivity contribution < 1.29 is 13.9 Å². The lowest BCUT2D eigenvalue weighted by atomic mass is 9.60. The molecule has 0 unspecified atom stereocenters. The lowest BCUT2D eigenvalue weighted by molar-refractivity contribution is -0.133. The van der Waals surface area contributed by atoms with Gasteiger partial charge in [-0.2, -0.15) is 0 Å². The molecule has 3 fully saturated rings. The van der Waals surface area contributed by atoms with Crippen molar-refractivity contribution in [2.75, 3.05) is 19.7 Å². The van der Waals surface area contributed by atoms with Gasteiger partial charge in [0, 0.05) is 37.2 Å². The molecule has 2 heterocycles. The molecule has 0 aromatic carbocycles. The van der Waals surface area contributed by atoms with Crippen molar-refractivity contribution in [1.82, 2.24) is 10.2 Å². The van der Waals surface area contributed by atoms with E-state index in [1.165, 1.54) is 25.7 Å². The minimum Gasteiger partial charge on any atom is -0.459 e. The number of hydrogen-bond donors (Lipinski definition) is 1. The number of likely N-dealkylation sites (tertiary alicyclic amines) is 1. The Morgan fingerprint density at radius 3 is 2.76 bits per heavy atom. The number of carbonyl (C=O) groups is 1. The lowest BCUT2D eigenvalue weighted by Crippen LogP contribution is -2.65. The van der Waals surface area contributed by atoms with E-state index in [1.54, 1.807) is 18.4 Å². The Morgan fingerprint density at radius 2 is 2.12 bits per heavy atom. The lowest BCUT2D eigenvalue weighted by Gasteiger charge is -2.55. The van der Waals surface area contributed by atoms with Crippen molar-refractivity contribution >= 4 is 5.91 Å². The van der Waals surface area contributed by atoms with Gasteiger partial charge >= 0.3 is 0 Å². The third-order valence-corrected chi connectivity index (χ3v) is 6.64. The maximum Gasteiger partial charge on any atom is 0.289 e. The monoisotopic (exact) mass is 346 g/mol. The number of furan rings is 1. The first-order valence-corrected chi connectivity index (χ1v) is 9.93. The number of piperidine rings is 1. The van der Waals surface area contributed by atoms with Crippen LogP contribution < -0.4 is 5.32 Å². The van der Waals surface area contributed by atoms with Crippen LogP contribution in [0.3, 0.4) is 0 Å². The summed E-state index contributed by atoms with van der Waals surface area (Å²) in [7, 11) is 0. The van der Waals surface area contributed by atoms with Gasteiger partial charge in [0.25, 0.3) is 5.91 Å². The Hall–Kier alpha value is -1.33. The summed E-state index contributed by atoms with van der Waals surface area (Å²) in [5.41, 5.74) is 0.386. The number of rotatable bonds is 5. The van der Waals surface area contributed by atoms with Crippen LogP contribution in [0.5, 0.6) is 0 Å². The van der Waals surface area contributed by atoms with E-state index < -0.39 is 0 Å². The summed E-state index contributed by atoms with van der Waals surface area (Å²) in [5.74, 6) is 0.477. The molecule has 1 amide bonds. The van der Waals surface area contributed by atoms with Crippen LogP contribution in [-0.2, 0) is 4.74 Å². The average molecular weight is 346 g/mol. The Bertz CT molecular complexity index is 572. The Labute approximate surface area is 150 Å². The summed E-state index contributed by atoms with van der Waals surface area (Å²) in [5, 5.41) is 3.93. The number of hydrogen-bond acceptors (Lipinski definition) is 4. The molecular weight excluding hydrogens is 316 g/mol. The average Bonchev–Trinajstić information content (AvgIpc) is 3.33. The summed E-state index contributed by atoms with van der Waals surface area (Å²) >= 11 is 0. The Balaban J connectivity index is 1.30. The Kier molecular flexibility index (Phi) is 4.87. The van der Waals surface area contributed by atoms with Gasteiger partial charge in [0.05, 0.1) is 12.4 Å². The first-order valence-electron chi connectivity index (χ1n) is 9.93. The largest absolute Gasteiger partial charge is 0.459 e. The first-order chi connectivity index (χ1) is 12.2. The van der Waals surface area contributed by atoms with Crippen LogP contribution >= 0.6 is 0 Å². The smallest absolute Gasteiger partial charge is 0.289 e. The SMILES string of the molecule is CCO[C@@H]1C[C@@H](NC2CCN(C(=O)c3ccco3)CC2)C12CCCC2. The van der Waals surface area contributed by atoms with Gasteiger partial charge in [-0.3, -0.25) is 4.79 Å². The summed E-state index contributed by atoms with van der Waals surface area (Å²) < 4.78 is 11.3. The van der Waals surface area contributed by atoms with Crippen LogP contribution in [0.4, 0.5) is 0 Å². The van der Waals surface area contributed by atoms with E-state index in [2.05, 4.69) is 12.2 Å². The molecular formula is C20H30N2O3. The quantitative estimate of drug-likeness (QED) is 0.889. The molecule has 1 saturated heterocycles. The van der Waals surface area contributed by atoms with E-state index in [0.717, 1.165) is 39.0 Å². The normalized spacial score (nSPS) is 29.1. The van der Waals surface area contributed by atoms with Crippen LogP contribution in [0.1, 0.15) is 62.4 Å². The molecule has 5 nitrogen and oxygen atoms in total. The molecule has 0 radical (unpaired) electrons. The third kappa shape index (κ3) is 3.13. The predicted octanol–water partition coefficient (Wildman–Crippen LogP) is 3.21. The fraction of sp³-hybridized carbons (Fsp3) is 0.750. The third-order valence-electron chi connectivity index (χ3n) is 6.64. The highest BCUT2D eigenvalue weighted by molar-refractivity contribution is 5.91. The highest BCUT2D eigenvalue weighted by Crippen LogP contribution is 2.55. The van der Waals surface area contributed by atoms with Gasteiger partial charge in [0.15, 0.2) is 5.76 Å². The maximum atomic E-state index is 12.4. The molecule has 1 N–H and O–H groups in total. The van der Waals surface area contributed by atoms with Gasteiger partial charge in [0.2, 0.25) is 0 Å². The zero-order chi connectivity index (χ0) is 17.3. The minimum atomic E-state index is 0.0239. The van der Waals surface area contributed by atoms with Gasteiger partial charge in [-0.15, -0.1) is 0 Å². The number of amides is 1. The zero-order valence-electron chi connectivity index (χ0n) is 15.2. The first kappa shape index (κ1) is 17.1. The second kappa shape index (κ2) is 7.12. The van der Waals surface area contributed by atoms with Crippen LogP contribution in [-0.4, -0.2) is 48.7 Å². The van der Waals surface area contributed by atoms with E-state index in [9.17, 15) is 4.79 Å². The molecule has 1 aromatic heterocycles. The molecule has 138 valence electrons. The number of ether oxygens (including phenoxy) is 1. The van der Waals surface area contributed by atoms with E-state index in [-0.39, 0.29) is 5.91 Å². The molecule has 2 saturated carbocycles. The molecule has 1 aliphatic heterocycles. The van der Waals surface area contributed by atoms with E-state index in [4.69, 9.17) is 9.15 Å². The summed E-state index contributed by atoms with van der Waals surface area (Å²) in [6.07, 6.45) is 10.5. The van der Waals surface area contributed by atoms with Gasteiger partial charge in [-0.05, 0) is 51.2 Å². The van der Waals surface area contributed by atoms with E-state index in [0.29, 0.717) is 29.4 Å². The summed E-state index contributed by atoms with van der Waals surface area (Å²) in [6.45, 7) is 4.55. The minimum absolute atomic E-state index is 0.0239. The molecule has 4 rings (SSSR count). The maximum absolute atomic E-state index is 12.4. The zero-order valence-corrected chi connectivity index (χ0v) is 15.2. The summed E-state index contributed by atoms with van der Waals surface area (Å²) in [4.78, 5) is 14.3. The number of nitrogens with one attached hydrogen (secondary N) is 1. The number of nitrogens with zero attached hydrogens (tertiary/aromatic N) is 1.